The minimum Gasteiger partial charge on any atom is -0.506 e. The van der Waals surface area contributed by atoms with Gasteiger partial charge in [-0.2, -0.15) is 0 Å². The maximum atomic E-state index is 12.0. The Morgan fingerprint density at radius 1 is 0.321 bits per heavy atom. The molecule has 388 valence electrons. The molecule has 12 rings (SSSR count). The first-order valence-electron chi connectivity index (χ1n) is 26.5. The summed E-state index contributed by atoms with van der Waals surface area (Å²) < 4.78 is 0. The SMILES string of the molecule is CC(C)(C)c1cc(-c2ccccc2)c(-c2ccc(O)c(N3[CH-]N(CN4[CH-]N(c5cc(-c6c(-c7ccccc7)cc(C(C)(C)C)cc6-c6ccccc6)ccc5O)c5ccccc54)c4ccccc43)c2)c(-c2ccccc2)c1.[Pt+2]. The minimum absolute atomic E-state index is 0. The molecule has 0 spiro atoms. The number of anilines is 6. The van der Waals surface area contributed by atoms with Crippen molar-refractivity contribution in [2.75, 3.05) is 26.3 Å². The number of hydrogen-bond donors (Lipinski definition) is 2. The van der Waals surface area contributed by atoms with Gasteiger partial charge in [-0.1, -0.05) is 199 Å². The Morgan fingerprint density at radius 2 is 0.603 bits per heavy atom. The van der Waals surface area contributed by atoms with Crippen molar-refractivity contribution in [3.8, 4) is 78.3 Å². The number of phenols is 2. The number of hydrogen-bond acceptors (Lipinski definition) is 6. The summed E-state index contributed by atoms with van der Waals surface area (Å²) in [7, 11) is 0. The van der Waals surface area contributed by atoms with Gasteiger partial charge in [0, 0.05) is 29.4 Å². The van der Waals surface area contributed by atoms with Crippen LogP contribution in [0.3, 0.4) is 0 Å². The second kappa shape index (κ2) is 20.9. The van der Waals surface area contributed by atoms with Crippen LogP contribution in [0.5, 0.6) is 11.5 Å². The van der Waals surface area contributed by atoms with Crippen LogP contribution >= 0.6 is 0 Å². The fourth-order valence-electron chi connectivity index (χ4n) is 11.0. The summed E-state index contributed by atoms with van der Waals surface area (Å²) in [6.07, 6.45) is 0. The smallest absolute Gasteiger partial charge is 0.506 e. The third-order valence-corrected chi connectivity index (χ3v) is 15.1. The molecule has 2 heterocycles. The fraction of sp³-hybridized carbons (Fsp3) is 0.127. The number of phenolic OH excluding ortho intramolecular Hbond substituents is 2. The van der Waals surface area contributed by atoms with Crippen LogP contribution in [0.4, 0.5) is 34.1 Å². The second-order valence-corrected chi connectivity index (χ2v) is 22.3. The Bertz CT molecular complexity index is 3420. The standard InChI is InChI=1S/C71H62N4O2.Pt/c1-70(2,3)54-41-56(48-23-11-7-12-24-48)68(57(42-54)49-25-13-8-14-26-49)52-35-37-66(76)64(39-52)74-46-72(60-31-19-21-33-62(60)74)45-73-47-75(63-34-22-20-32-61(63)73)65-40-53(36-38-67(65)77)69-58(50-27-15-9-16-28-50)43-55(71(4,5)6)44-59(69)51-29-17-10-18-30-51;/h7-44,46-47,76-77H,45H2,1-6H3;/q-2;+2. The molecule has 0 unspecified atom stereocenters. The molecule has 0 aliphatic carbocycles. The van der Waals surface area contributed by atoms with E-state index >= 15 is 0 Å². The molecule has 2 N–H and O–H groups in total. The summed E-state index contributed by atoms with van der Waals surface area (Å²) in [6.45, 7) is 18.2. The van der Waals surface area contributed by atoms with Gasteiger partial charge < -0.3 is 29.8 Å². The topological polar surface area (TPSA) is 53.4 Å². The molecular formula is C71H62N4O2Pt. The molecule has 7 heteroatoms. The average Bonchev–Trinajstić information content (AvgIpc) is 4.16. The summed E-state index contributed by atoms with van der Waals surface area (Å²) in [4.78, 5) is 8.67. The molecule has 0 aromatic heterocycles. The zero-order valence-corrected chi connectivity index (χ0v) is 47.1. The minimum atomic E-state index is -0.101. The molecule has 0 fully saturated rings. The Morgan fingerprint density at radius 3 is 0.897 bits per heavy atom. The number of nitrogens with zero attached hydrogens (tertiary/aromatic N) is 4. The molecule has 0 saturated heterocycles. The molecule has 6 nitrogen and oxygen atoms in total. The van der Waals surface area contributed by atoms with Crippen LogP contribution in [0.15, 0.2) is 231 Å². The Kier molecular flexibility index (Phi) is 13.9. The van der Waals surface area contributed by atoms with Crippen molar-refractivity contribution < 1.29 is 31.3 Å². The number of aromatic hydroxyl groups is 2. The van der Waals surface area contributed by atoms with Crippen LogP contribution in [0.2, 0.25) is 0 Å². The van der Waals surface area contributed by atoms with E-state index in [1.165, 1.54) is 11.1 Å². The zero-order chi connectivity index (χ0) is 53.0. The van der Waals surface area contributed by atoms with E-state index in [1.807, 2.05) is 36.4 Å². The number of rotatable bonds is 10. The normalized spacial score (nSPS) is 13.1. The van der Waals surface area contributed by atoms with E-state index in [0.717, 1.165) is 89.5 Å². The van der Waals surface area contributed by atoms with Gasteiger partial charge in [-0.25, -0.2) is 0 Å². The molecule has 2 aliphatic rings. The second-order valence-electron chi connectivity index (χ2n) is 22.3. The first-order chi connectivity index (χ1) is 37.3. The Hall–Kier alpha value is -8.31. The third kappa shape index (κ3) is 9.75. The molecule has 0 radical (unpaired) electrons. The molecule has 0 bridgehead atoms. The number of fused-ring (bicyclic) bond motifs is 2. The van der Waals surface area contributed by atoms with Crippen molar-refractivity contribution in [2.24, 2.45) is 0 Å². The average molecular weight is 1200 g/mol. The molecule has 0 saturated carbocycles. The predicted molar refractivity (Wildman–Crippen MR) is 322 cm³/mol. The van der Waals surface area contributed by atoms with E-state index < -0.39 is 0 Å². The molecule has 0 amide bonds. The van der Waals surface area contributed by atoms with Crippen molar-refractivity contribution in [3.05, 3.63) is 255 Å². The van der Waals surface area contributed by atoms with Gasteiger partial charge in [0.15, 0.2) is 0 Å². The molecule has 78 heavy (non-hydrogen) atoms. The van der Waals surface area contributed by atoms with Crippen molar-refractivity contribution in [1.82, 2.24) is 0 Å². The van der Waals surface area contributed by atoms with Gasteiger partial charge in [0.05, 0.1) is 11.4 Å². The zero-order valence-electron chi connectivity index (χ0n) is 44.8. The molecule has 0 atom stereocenters. The van der Waals surface area contributed by atoms with Gasteiger partial charge in [0.1, 0.15) is 11.5 Å². The predicted octanol–water partition coefficient (Wildman–Crippen LogP) is 18.5. The van der Waals surface area contributed by atoms with E-state index in [4.69, 9.17) is 0 Å². The van der Waals surface area contributed by atoms with Crippen LogP contribution in [-0.4, -0.2) is 16.9 Å². The quantitative estimate of drug-likeness (QED) is 0.133. The van der Waals surface area contributed by atoms with Crippen molar-refractivity contribution >= 4 is 34.1 Å². The molecule has 10 aromatic carbocycles. The fourth-order valence-corrected chi connectivity index (χ4v) is 11.0. The summed E-state index contributed by atoms with van der Waals surface area (Å²) in [5.41, 5.74) is 20.8. The summed E-state index contributed by atoms with van der Waals surface area (Å²) in [5.74, 6) is 0.350. The van der Waals surface area contributed by atoms with Gasteiger partial charge in [0.25, 0.3) is 0 Å². The van der Waals surface area contributed by atoms with E-state index in [0.29, 0.717) is 18.0 Å². The van der Waals surface area contributed by atoms with Gasteiger partial charge in [-0.15, -0.1) is 13.3 Å². The van der Waals surface area contributed by atoms with Crippen LogP contribution in [0.25, 0.3) is 66.8 Å². The first-order valence-corrected chi connectivity index (χ1v) is 26.5. The van der Waals surface area contributed by atoms with Crippen LogP contribution < -0.4 is 19.6 Å². The van der Waals surface area contributed by atoms with Gasteiger partial charge >= 0.3 is 21.1 Å². The van der Waals surface area contributed by atoms with Crippen LogP contribution in [-0.2, 0) is 31.9 Å². The Labute approximate surface area is 474 Å². The molecule has 2 aliphatic heterocycles. The largest absolute Gasteiger partial charge is 2.00 e. The summed E-state index contributed by atoms with van der Waals surface area (Å²) in [6, 6.07) is 80.7. The van der Waals surface area contributed by atoms with Gasteiger partial charge in [-0.05, 0) is 162 Å². The molecule has 10 aromatic rings. The van der Waals surface area contributed by atoms with Crippen molar-refractivity contribution in [2.45, 2.75) is 52.4 Å². The summed E-state index contributed by atoms with van der Waals surface area (Å²) >= 11 is 0. The van der Waals surface area contributed by atoms with Crippen molar-refractivity contribution in [3.63, 3.8) is 0 Å². The monoisotopic (exact) mass is 1200 g/mol. The summed E-state index contributed by atoms with van der Waals surface area (Å²) in [5, 5.41) is 23.9. The van der Waals surface area contributed by atoms with Crippen LogP contribution in [0.1, 0.15) is 52.7 Å². The van der Waals surface area contributed by atoms with E-state index in [2.05, 4.69) is 269 Å². The number of benzene rings is 10. The van der Waals surface area contributed by atoms with Crippen LogP contribution in [0, 0.1) is 13.3 Å². The third-order valence-electron chi connectivity index (χ3n) is 15.1. The first kappa shape index (κ1) is 51.8. The van der Waals surface area contributed by atoms with E-state index in [1.54, 1.807) is 0 Å². The van der Waals surface area contributed by atoms with E-state index in [9.17, 15) is 10.2 Å². The van der Waals surface area contributed by atoms with Gasteiger partial charge in [-0.3, -0.25) is 0 Å². The van der Waals surface area contributed by atoms with E-state index in [-0.39, 0.29) is 43.4 Å². The molecular weight excluding hydrogens is 1140 g/mol. The maximum Gasteiger partial charge on any atom is 2.00 e. The Balaban J connectivity index is 0.00000645. The van der Waals surface area contributed by atoms with Crippen molar-refractivity contribution in [1.29, 1.82) is 0 Å². The van der Waals surface area contributed by atoms with Gasteiger partial charge in [0.2, 0.25) is 0 Å². The number of para-hydroxylation sites is 4. The maximum absolute atomic E-state index is 12.0.